The van der Waals surface area contributed by atoms with Gasteiger partial charge in [-0.1, -0.05) is 13.0 Å². The van der Waals surface area contributed by atoms with Crippen molar-refractivity contribution in [1.82, 2.24) is 5.32 Å². The van der Waals surface area contributed by atoms with E-state index in [0.717, 1.165) is 11.1 Å². The van der Waals surface area contributed by atoms with E-state index in [1.54, 1.807) is 0 Å². The monoisotopic (exact) mass is 249 g/mol. The molecule has 0 saturated carbocycles. The molecule has 1 aliphatic rings. The zero-order chi connectivity index (χ0) is 13.0. The van der Waals surface area contributed by atoms with E-state index in [2.05, 4.69) is 5.32 Å². The second-order valence-corrected chi connectivity index (χ2v) is 4.29. The molecule has 1 aromatic carbocycles. The van der Waals surface area contributed by atoms with E-state index < -0.39 is 0 Å². The van der Waals surface area contributed by atoms with Gasteiger partial charge < -0.3 is 10.1 Å². The van der Waals surface area contributed by atoms with Gasteiger partial charge >= 0.3 is 0 Å². The van der Waals surface area contributed by atoms with Gasteiger partial charge in [0.1, 0.15) is 12.4 Å². The molecule has 4 heteroatoms. The Morgan fingerprint density at radius 1 is 1.50 bits per heavy atom. The molecular weight excluding hydrogens is 233 g/mol. The first-order valence-corrected chi connectivity index (χ1v) is 6.02. The summed E-state index contributed by atoms with van der Waals surface area (Å²) in [5.74, 6) is 0.752. The van der Waals surface area contributed by atoms with Crippen LogP contribution < -0.4 is 10.1 Å². The Kier molecular flexibility index (Phi) is 3.97. The minimum absolute atomic E-state index is 0.0461. The lowest BCUT2D eigenvalue weighted by Gasteiger charge is -2.17. The predicted molar refractivity (Wildman–Crippen MR) is 67.0 cm³/mol. The van der Waals surface area contributed by atoms with Gasteiger partial charge in [-0.15, -0.1) is 0 Å². The lowest BCUT2D eigenvalue weighted by molar-refractivity contribution is -0.121. The Labute approximate surface area is 106 Å². The van der Waals surface area contributed by atoms with Gasteiger partial charge in [0, 0.05) is 6.54 Å². The molecule has 1 amide bonds. The van der Waals surface area contributed by atoms with Crippen molar-refractivity contribution in [3.05, 3.63) is 41.2 Å². The fraction of sp³-hybridized carbons (Fsp3) is 0.357. The minimum atomic E-state index is 0.0461. The maximum Gasteiger partial charge on any atom is 0.224 e. The normalized spacial score (nSPS) is 15.0. The number of ether oxygens (including phenoxy) is 1. The summed E-state index contributed by atoms with van der Waals surface area (Å²) in [6.45, 7) is 2.68. The molecule has 2 rings (SSSR count). The number of amides is 1. The third-order valence-electron chi connectivity index (χ3n) is 3.04. The van der Waals surface area contributed by atoms with Gasteiger partial charge in [-0.3, -0.25) is 4.79 Å². The molecular formula is C14H16FNO2. The van der Waals surface area contributed by atoms with Crippen LogP contribution in [0.5, 0.6) is 5.75 Å². The van der Waals surface area contributed by atoms with E-state index in [1.807, 2.05) is 25.1 Å². The summed E-state index contributed by atoms with van der Waals surface area (Å²) < 4.78 is 17.9. The lowest BCUT2D eigenvalue weighted by Crippen LogP contribution is -2.30. The smallest absolute Gasteiger partial charge is 0.224 e. The Morgan fingerprint density at radius 2 is 2.33 bits per heavy atom. The quantitative estimate of drug-likeness (QED) is 0.890. The number of hydrogen-bond acceptors (Lipinski definition) is 2. The maximum absolute atomic E-state index is 12.4. The molecule has 3 nitrogen and oxygen atoms in total. The van der Waals surface area contributed by atoms with Crippen LogP contribution in [0.1, 0.15) is 24.5 Å². The molecule has 0 aromatic heterocycles. The van der Waals surface area contributed by atoms with Crippen LogP contribution in [0.4, 0.5) is 4.39 Å². The van der Waals surface area contributed by atoms with Crippen molar-refractivity contribution in [3.63, 3.8) is 0 Å². The molecule has 0 saturated heterocycles. The van der Waals surface area contributed by atoms with E-state index >= 15 is 0 Å². The molecule has 1 aromatic rings. The average Bonchev–Trinajstić information content (AvgIpc) is 2.40. The van der Waals surface area contributed by atoms with E-state index in [-0.39, 0.29) is 12.5 Å². The number of fused-ring (bicyclic) bond motifs is 1. The number of rotatable bonds is 4. The third kappa shape index (κ3) is 2.88. The molecule has 0 bridgehead atoms. The Morgan fingerprint density at radius 3 is 3.06 bits per heavy atom. The van der Waals surface area contributed by atoms with Gasteiger partial charge in [-0.2, -0.15) is 0 Å². The first-order chi connectivity index (χ1) is 8.72. The van der Waals surface area contributed by atoms with Crippen LogP contribution in [-0.2, 0) is 17.8 Å². The van der Waals surface area contributed by atoms with Gasteiger partial charge in [-0.05, 0) is 35.3 Å². The second-order valence-electron chi connectivity index (χ2n) is 4.29. The van der Waals surface area contributed by atoms with E-state index in [4.69, 9.17) is 4.74 Å². The predicted octanol–water partition coefficient (Wildman–Crippen LogP) is 2.50. The average molecular weight is 249 g/mol. The SMILES string of the molecule is CC/C(=C\F)COc1ccc2c(c1)CNC(=O)C2. The van der Waals surface area contributed by atoms with Gasteiger partial charge in [0.25, 0.3) is 0 Å². The number of benzene rings is 1. The highest BCUT2D eigenvalue weighted by Gasteiger charge is 2.15. The number of nitrogens with one attached hydrogen (secondary N) is 1. The summed E-state index contributed by atoms with van der Waals surface area (Å²) in [6, 6.07) is 5.62. The zero-order valence-electron chi connectivity index (χ0n) is 10.3. The zero-order valence-corrected chi connectivity index (χ0v) is 10.3. The van der Waals surface area contributed by atoms with Gasteiger partial charge in [0.15, 0.2) is 0 Å². The van der Waals surface area contributed by atoms with Crippen LogP contribution in [0, 0.1) is 0 Å². The summed E-state index contributed by atoms with van der Waals surface area (Å²) >= 11 is 0. The highest BCUT2D eigenvalue weighted by molar-refractivity contribution is 5.80. The molecule has 1 heterocycles. The molecule has 0 spiro atoms. The summed E-state index contributed by atoms with van der Waals surface area (Å²) in [6.07, 6.45) is 1.65. The summed E-state index contributed by atoms with van der Waals surface area (Å²) in [7, 11) is 0. The van der Waals surface area contributed by atoms with Crippen molar-refractivity contribution in [2.24, 2.45) is 0 Å². The van der Waals surface area contributed by atoms with Crippen LogP contribution in [0.25, 0.3) is 0 Å². The molecule has 0 aliphatic carbocycles. The Hall–Kier alpha value is -1.84. The highest BCUT2D eigenvalue weighted by atomic mass is 19.1. The lowest BCUT2D eigenvalue weighted by atomic mass is 10.0. The molecule has 18 heavy (non-hydrogen) atoms. The number of carbonyl (C=O) groups is 1. The van der Waals surface area contributed by atoms with E-state index in [0.29, 0.717) is 37.0 Å². The molecule has 96 valence electrons. The number of halogens is 1. The van der Waals surface area contributed by atoms with Crippen molar-refractivity contribution in [2.75, 3.05) is 6.61 Å². The van der Waals surface area contributed by atoms with Gasteiger partial charge in [0.05, 0.1) is 12.8 Å². The fourth-order valence-electron chi connectivity index (χ4n) is 1.85. The maximum atomic E-state index is 12.4. The van der Waals surface area contributed by atoms with Crippen molar-refractivity contribution in [2.45, 2.75) is 26.3 Å². The van der Waals surface area contributed by atoms with Crippen LogP contribution in [-0.4, -0.2) is 12.5 Å². The van der Waals surface area contributed by atoms with Crippen LogP contribution in [0.2, 0.25) is 0 Å². The van der Waals surface area contributed by atoms with E-state index in [1.165, 1.54) is 0 Å². The molecule has 1 N–H and O–H groups in total. The van der Waals surface area contributed by atoms with Crippen LogP contribution in [0.15, 0.2) is 30.1 Å². The molecule has 0 radical (unpaired) electrons. The van der Waals surface area contributed by atoms with Crippen molar-refractivity contribution < 1.29 is 13.9 Å². The van der Waals surface area contributed by atoms with E-state index in [9.17, 15) is 9.18 Å². The minimum Gasteiger partial charge on any atom is -0.489 e. The first kappa shape index (κ1) is 12.6. The standard InChI is InChI=1S/C14H16FNO2/c1-2-10(7-15)9-18-13-4-3-11-6-14(17)16-8-12(11)5-13/h3-5,7H,2,6,8-9H2,1H3,(H,16,17)/b10-7+. The molecule has 0 atom stereocenters. The van der Waals surface area contributed by atoms with Crippen molar-refractivity contribution >= 4 is 5.91 Å². The third-order valence-corrected chi connectivity index (χ3v) is 3.04. The Balaban J connectivity index is 2.05. The number of hydrogen-bond donors (Lipinski definition) is 1. The topological polar surface area (TPSA) is 38.3 Å². The van der Waals surface area contributed by atoms with Crippen LogP contribution >= 0.6 is 0 Å². The molecule has 1 aliphatic heterocycles. The molecule has 0 fully saturated rings. The Bertz CT molecular complexity index is 483. The van der Waals surface area contributed by atoms with Crippen LogP contribution in [0.3, 0.4) is 0 Å². The van der Waals surface area contributed by atoms with Gasteiger partial charge in [0.2, 0.25) is 5.91 Å². The second kappa shape index (κ2) is 5.67. The fourth-order valence-corrected chi connectivity index (χ4v) is 1.85. The summed E-state index contributed by atoms with van der Waals surface area (Å²) in [5, 5.41) is 2.79. The van der Waals surface area contributed by atoms with Crippen molar-refractivity contribution in [1.29, 1.82) is 0 Å². The summed E-state index contributed by atoms with van der Waals surface area (Å²) in [5.41, 5.74) is 2.72. The van der Waals surface area contributed by atoms with Gasteiger partial charge in [-0.25, -0.2) is 4.39 Å². The highest BCUT2D eigenvalue weighted by Crippen LogP contribution is 2.21. The summed E-state index contributed by atoms with van der Waals surface area (Å²) in [4.78, 5) is 11.2. The largest absolute Gasteiger partial charge is 0.489 e. The number of carbonyl (C=O) groups excluding carboxylic acids is 1. The van der Waals surface area contributed by atoms with Crippen molar-refractivity contribution in [3.8, 4) is 5.75 Å². The first-order valence-electron chi connectivity index (χ1n) is 6.02. The molecule has 0 unspecified atom stereocenters.